The lowest BCUT2D eigenvalue weighted by molar-refractivity contribution is 1.31. The Morgan fingerprint density at radius 2 is 2.00 bits per heavy atom. The molecular formula is C14H8BrClN2. The van der Waals surface area contributed by atoms with Crippen molar-refractivity contribution in [1.82, 2.24) is 4.98 Å². The second-order valence-electron chi connectivity index (χ2n) is 3.52. The highest BCUT2D eigenvalue weighted by Gasteiger charge is 2.11. The van der Waals surface area contributed by atoms with Crippen molar-refractivity contribution in [3.63, 3.8) is 0 Å². The summed E-state index contributed by atoms with van der Waals surface area (Å²) in [7, 11) is 0. The number of hydrogen-bond acceptors (Lipinski definition) is 2. The molecule has 0 unspecified atom stereocenters. The molecule has 0 aliphatic heterocycles. The Balaban J connectivity index is 2.59. The van der Waals surface area contributed by atoms with Gasteiger partial charge in [-0.15, -0.1) is 0 Å². The maximum absolute atomic E-state index is 9.27. The van der Waals surface area contributed by atoms with Crippen molar-refractivity contribution in [1.29, 1.82) is 5.26 Å². The van der Waals surface area contributed by atoms with Crippen LogP contribution in [0.5, 0.6) is 0 Å². The van der Waals surface area contributed by atoms with E-state index in [1.165, 1.54) is 0 Å². The zero-order chi connectivity index (χ0) is 13.0. The summed E-state index contributed by atoms with van der Waals surface area (Å²) in [6.45, 7) is 0. The molecule has 1 heterocycles. The van der Waals surface area contributed by atoms with Gasteiger partial charge >= 0.3 is 0 Å². The minimum absolute atomic E-state index is 0.414. The number of hydrogen-bond donors (Lipinski definition) is 0. The van der Waals surface area contributed by atoms with Crippen molar-refractivity contribution >= 4 is 38.1 Å². The first-order valence-electron chi connectivity index (χ1n) is 5.19. The van der Waals surface area contributed by atoms with Gasteiger partial charge in [-0.3, -0.25) is 4.98 Å². The molecule has 0 aliphatic carbocycles. The van der Waals surface area contributed by atoms with Gasteiger partial charge in [-0.05, 0) is 12.1 Å². The number of rotatable bonds is 2. The molecule has 0 bridgehead atoms. The van der Waals surface area contributed by atoms with E-state index >= 15 is 0 Å². The van der Waals surface area contributed by atoms with Gasteiger partial charge in [0.25, 0.3) is 0 Å². The van der Waals surface area contributed by atoms with Crippen molar-refractivity contribution < 1.29 is 0 Å². The van der Waals surface area contributed by atoms with Crippen molar-refractivity contribution in [2.24, 2.45) is 0 Å². The first kappa shape index (κ1) is 12.8. The van der Waals surface area contributed by atoms with Crippen LogP contribution in [0.25, 0.3) is 10.6 Å². The smallest absolute Gasteiger partial charge is 0.101 e. The molecule has 4 heteroatoms. The number of halogens is 2. The Hall–Kier alpha value is -1.63. The van der Waals surface area contributed by atoms with E-state index in [9.17, 15) is 5.26 Å². The summed E-state index contributed by atoms with van der Waals surface area (Å²) in [6.07, 6.45) is 3.28. The second kappa shape index (κ2) is 5.81. The maximum atomic E-state index is 9.27. The van der Waals surface area contributed by atoms with Crippen LogP contribution in [0.4, 0.5) is 0 Å². The van der Waals surface area contributed by atoms with Gasteiger partial charge in [-0.1, -0.05) is 51.8 Å². The lowest BCUT2D eigenvalue weighted by Crippen LogP contribution is -1.88. The van der Waals surface area contributed by atoms with Crippen LogP contribution in [0.15, 0.2) is 53.3 Å². The molecule has 0 amide bonds. The Morgan fingerprint density at radius 3 is 2.61 bits per heavy atom. The van der Waals surface area contributed by atoms with Crippen LogP contribution in [0.2, 0.25) is 0 Å². The molecule has 2 nitrogen and oxygen atoms in total. The van der Waals surface area contributed by atoms with E-state index in [1.54, 1.807) is 18.5 Å². The van der Waals surface area contributed by atoms with Crippen LogP contribution in [0, 0.1) is 11.3 Å². The fourth-order valence-electron chi connectivity index (χ4n) is 1.52. The van der Waals surface area contributed by atoms with Crippen LogP contribution >= 0.6 is 27.5 Å². The van der Waals surface area contributed by atoms with Gasteiger partial charge in [0.2, 0.25) is 0 Å². The second-order valence-corrected chi connectivity index (χ2v) is 4.75. The number of nitriles is 1. The molecule has 0 N–H and O–H groups in total. The lowest BCUT2D eigenvalue weighted by atomic mass is 10.1. The number of pyridine rings is 1. The molecule has 0 fully saturated rings. The average molecular weight is 320 g/mol. The third kappa shape index (κ3) is 2.61. The van der Waals surface area contributed by atoms with E-state index in [4.69, 9.17) is 11.6 Å². The van der Waals surface area contributed by atoms with Crippen LogP contribution in [-0.4, -0.2) is 4.98 Å². The van der Waals surface area contributed by atoms with Gasteiger partial charge in [0.1, 0.15) is 6.07 Å². The maximum Gasteiger partial charge on any atom is 0.101 e. The summed E-state index contributed by atoms with van der Waals surface area (Å²) in [5, 5.41) is 9.68. The molecule has 0 atom stereocenters. The highest BCUT2D eigenvalue weighted by molar-refractivity contribution is 9.10. The van der Waals surface area contributed by atoms with Crippen LogP contribution < -0.4 is 0 Å². The monoisotopic (exact) mass is 318 g/mol. The third-order valence-corrected chi connectivity index (χ3v) is 3.48. The molecule has 1 aromatic carbocycles. The topological polar surface area (TPSA) is 36.7 Å². The lowest BCUT2D eigenvalue weighted by Gasteiger charge is -2.06. The van der Waals surface area contributed by atoms with E-state index in [0.29, 0.717) is 16.2 Å². The first-order valence-corrected chi connectivity index (χ1v) is 6.36. The Bertz CT molecular complexity index is 630. The molecule has 0 radical (unpaired) electrons. The van der Waals surface area contributed by atoms with Gasteiger partial charge in [0.05, 0.1) is 10.6 Å². The van der Waals surface area contributed by atoms with E-state index in [2.05, 4.69) is 27.0 Å². The van der Waals surface area contributed by atoms with Gasteiger partial charge < -0.3 is 0 Å². The molecule has 0 aliphatic rings. The molecule has 2 rings (SSSR count). The fraction of sp³-hybridized carbons (Fsp3) is 0. The van der Waals surface area contributed by atoms with Crippen molar-refractivity contribution in [3.05, 3.63) is 64.4 Å². The van der Waals surface area contributed by atoms with E-state index < -0.39 is 0 Å². The molecule has 0 saturated carbocycles. The zero-order valence-corrected chi connectivity index (χ0v) is 11.6. The summed E-state index contributed by atoms with van der Waals surface area (Å²) >= 11 is 9.73. The van der Waals surface area contributed by atoms with Crippen molar-refractivity contribution in [3.8, 4) is 6.07 Å². The minimum atomic E-state index is 0.414. The summed E-state index contributed by atoms with van der Waals surface area (Å²) in [5.74, 6) is 0. The third-order valence-electron chi connectivity index (χ3n) is 2.39. The van der Waals surface area contributed by atoms with Crippen LogP contribution in [-0.2, 0) is 0 Å². The van der Waals surface area contributed by atoms with Gasteiger partial charge in [-0.2, -0.15) is 5.26 Å². The van der Waals surface area contributed by atoms with Gasteiger partial charge in [0.15, 0.2) is 0 Å². The average Bonchev–Trinajstić information content (AvgIpc) is 2.41. The molecule has 0 saturated heterocycles. The van der Waals surface area contributed by atoms with Crippen LogP contribution in [0.1, 0.15) is 11.1 Å². The molecule has 1 aromatic heterocycles. The summed E-state index contributed by atoms with van der Waals surface area (Å²) in [5.41, 5.74) is 1.91. The quantitative estimate of drug-likeness (QED) is 0.766. The predicted octanol–water partition coefficient (Wildman–Crippen LogP) is 4.47. The summed E-state index contributed by atoms with van der Waals surface area (Å²) in [6, 6.07) is 13.2. The Morgan fingerprint density at radius 1 is 1.22 bits per heavy atom. The molecule has 2 aromatic rings. The Labute approximate surface area is 119 Å². The first-order chi connectivity index (χ1) is 8.74. The summed E-state index contributed by atoms with van der Waals surface area (Å²) < 4.78 is 0.853. The van der Waals surface area contributed by atoms with Crippen molar-refractivity contribution in [2.45, 2.75) is 0 Å². The molecule has 0 spiro atoms. The van der Waals surface area contributed by atoms with E-state index in [0.717, 1.165) is 10.0 Å². The number of nitrogens with zero attached hydrogens (tertiary/aromatic N) is 2. The van der Waals surface area contributed by atoms with E-state index in [1.807, 2.05) is 30.3 Å². The van der Waals surface area contributed by atoms with E-state index in [-0.39, 0.29) is 0 Å². The standard InChI is InChI=1S/C14H8BrClN2/c15-13-6-2-1-5-11(13)14(16)12(8-17)10-4-3-7-18-9-10/h1-7,9H/b14-12-. The molecule has 88 valence electrons. The van der Waals surface area contributed by atoms with Gasteiger partial charge in [0, 0.05) is 28.0 Å². The molecule has 18 heavy (non-hydrogen) atoms. The van der Waals surface area contributed by atoms with Gasteiger partial charge in [-0.25, -0.2) is 0 Å². The zero-order valence-electron chi connectivity index (χ0n) is 9.27. The number of allylic oxidation sites excluding steroid dienone is 1. The normalized spacial score (nSPS) is 11.6. The SMILES string of the molecule is N#C/C(=C(/Cl)c1ccccc1Br)c1cccnc1. The Kier molecular flexibility index (Phi) is 4.14. The minimum Gasteiger partial charge on any atom is -0.264 e. The molecular weight excluding hydrogens is 312 g/mol. The fourth-order valence-corrected chi connectivity index (χ4v) is 2.44. The number of aromatic nitrogens is 1. The highest BCUT2D eigenvalue weighted by Crippen LogP contribution is 2.33. The highest BCUT2D eigenvalue weighted by atomic mass is 79.9. The van der Waals surface area contributed by atoms with Crippen molar-refractivity contribution in [2.75, 3.05) is 0 Å². The summed E-state index contributed by atoms with van der Waals surface area (Å²) in [4.78, 5) is 4.00. The number of benzene rings is 1. The largest absolute Gasteiger partial charge is 0.264 e. The predicted molar refractivity (Wildman–Crippen MR) is 76.7 cm³/mol. The van der Waals surface area contributed by atoms with Crippen LogP contribution in [0.3, 0.4) is 0 Å².